The van der Waals surface area contributed by atoms with E-state index in [1.165, 1.54) is 18.4 Å². The normalized spacial score (nSPS) is 15.5. The van der Waals surface area contributed by atoms with Crippen LogP contribution in [0.5, 0.6) is 0 Å². The number of carbonyl (C=O) groups is 2. The molecule has 1 aliphatic rings. The van der Waals surface area contributed by atoms with Crippen molar-refractivity contribution in [3.8, 4) is 0 Å². The summed E-state index contributed by atoms with van der Waals surface area (Å²) in [6, 6.07) is 7.63. The summed E-state index contributed by atoms with van der Waals surface area (Å²) in [6.07, 6.45) is 2.49. The molecular weight excluding hydrogens is 327 g/mol. The molecule has 6 nitrogen and oxygen atoms in total. The van der Waals surface area contributed by atoms with Crippen molar-refractivity contribution < 1.29 is 24.2 Å². The summed E-state index contributed by atoms with van der Waals surface area (Å²) in [7, 11) is 0. The van der Waals surface area contributed by atoms with E-state index in [1.807, 2.05) is 12.1 Å². The van der Waals surface area contributed by atoms with E-state index in [0.29, 0.717) is 0 Å². The van der Waals surface area contributed by atoms with Gasteiger partial charge in [-0.3, -0.25) is 9.80 Å². The minimum Gasteiger partial charge on any atom is -0.473 e. The van der Waals surface area contributed by atoms with Crippen molar-refractivity contribution in [2.24, 2.45) is 0 Å². The van der Waals surface area contributed by atoms with Crippen LogP contribution in [0.15, 0.2) is 24.3 Å². The quantitative estimate of drug-likeness (QED) is 0.790. The molecule has 1 aromatic carbocycles. The van der Waals surface area contributed by atoms with E-state index in [1.54, 1.807) is 12.1 Å². The number of rotatable bonds is 5. The number of benzene rings is 1. The highest BCUT2D eigenvalue weighted by molar-refractivity contribution is 6.27. The molecule has 0 spiro atoms. The van der Waals surface area contributed by atoms with Gasteiger partial charge in [-0.25, -0.2) is 14.0 Å². The molecule has 0 aliphatic carbocycles. The molecule has 0 bridgehead atoms. The van der Waals surface area contributed by atoms with Crippen LogP contribution in [0.3, 0.4) is 0 Å². The maximum absolute atomic E-state index is 12.9. The topological polar surface area (TPSA) is 81.1 Å². The van der Waals surface area contributed by atoms with Crippen LogP contribution in [0.2, 0.25) is 0 Å². The summed E-state index contributed by atoms with van der Waals surface area (Å²) in [6.45, 7) is 10.1. The summed E-state index contributed by atoms with van der Waals surface area (Å²) in [5.41, 5.74) is 1.21. The molecule has 0 atom stereocenters. The fourth-order valence-corrected chi connectivity index (χ4v) is 2.94. The largest absolute Gasteiger partial charge is 0.473 e. The molecule has 0 unspecified atom stereocenters. The van der Waals surface area contributed by atoms with Crippen molar-refractivity contribution in [3.63, 3.8) is 0 Å². The van der Waals surface area contributed by atoms with Crippen LogP contribution in [0.25, 0.3) is 0 Å². The Balaban J connectivity index is 0.000000450. The smallest absolute Gasteiger partial charge is 0.414 e. The first-order valence-corrected chi connectivity index (χ1v) is 8.54. The molecule has 0 saturated carbocycles. The Morgan fingerprint density at radius 3 is 1.88 bits per heavy atom. The Morgan fingerprint density at radius 1 is 1.00 bits per heavy atom. The SMILES string of the molecule is CCC(CC)N1CCN(Cc2ccc(F)cc2)CC1.O=C(O)C(=O)O. The molecule has 7 heteroatoms. The summed E-state index contributed by atoms with van der Waals surface area (Å²) in [5.74, 6) is -3.80. The predicted octanol–water partition coefficient (Wildman–Crippen LogP) is 2.29. The zero-order chi connectivity index (χ0) is 18.8. The third kappa shape index (κ3) is 7.62. The molecule has 1 saturated heterocycles. The highest BCUT2D eigenvalue weighted by Crippen LogP contribution is 2.14. The summed E-state index contributed by atoms with van der Waals surface area (Å²) in [4.78, 5) is 23.3. The summed E-state index contributed by atoms with van der Waals surface area (Å²) in [5, 5.41) is 14.8. The van der Waals surface area contributed by atoms with Crippen molar-refractivity contribution in [2.75, 3.05) is 26.2 Å². The molecule has 0 amide bonds. The van der Waals surface area contributed by atoms with Crippen LogP contribution >= 0.6 is 0 Å². The Hall–Kier alpha value is -1.99. The van der Waals surface area contributed by atoms with Crippen molar-refractivity contribution in [2.45, 2.75) is 39.3 Å². The van der Waals surface area contributed by atoms with Crippen molar-refractivity contribution in [3.05, 3.63) is 35.6 Å². The second kappa shape index (κ2) is 10.8. The Labute approximate surface area is 147 Å². The van der Waals surface area contributed by atoms with Gasteiger partial charge >= 0.3 is 11.9 Å². The van der Waals surface area contributed by atoms with Crippen LogP contribution in [0.4, 0.5) is 4.39 Å². The first kappa shape index (κ1) is 21.1. The fraction of sp³-hybridized carbons (Fsp3) is 0.556. The molecule has 0 aromatic heterocycles. The minimum atomic E-state index is -1.82. The monoisotopic (exact) mass is 354 g/mol. The van der Waals surface area contributed by atoms with Gasteiger partial charge in [0.1, 0.15) is 5.82 Å². The van der Waals surface area contributed by atoms with Gasteiger partial charge in [0.2, 0.25) is 0 Å². The molecule has 0 radical (unpaired) electrons. The second-order valence-corrected chi connectivity index (χ2v) is 6.02. The Bertz CT molecular complexity index is 527. The number of piperazine rings is 1. The lowest BCUT2D eigenvalue weighted by Gasteiger charge is -2.38. The maximum Gasteiger partial charge on any atom is 0.414 e. The third-order valence-corrected chi connectivity index (χ3v) is 4.37. The van der Waals surface area contributed by atoms with Gasteiger partial charge in [0.05, 0.1) is 0 Å². The summed E-state index contributed by atoms with van der Waals surface area (Å²) < 4.78 is 12.9. The van der Waals surface area contributed by atoms with Gasteiger partial charge in [0.15, 0.2) is 0 Å². The van der Waals surface area contributed by atoms with Gasteiger partial charge < -0.3 is 10.2 Å². The van der Waals surface area contributed by atoms with Crippen molar-refractivity contribution in [1.29, 1.82) is 0 Å². The lowest BCUT2D eigenvalue weighted by atomic mass is 10.1. The van der Waals surface area contributed by atoms with E-state index in [2.05, 4.69) is 23.6 Å². The molecule has 2 N–H and O–H groups in total. The van der Waals surface area contributed by atoms with Gasteiger partial charge in [-0.05, 0) is 30.5 Å². The number of halogens is 1. The number of hydrogen-bond acceptors (Lipinski definition) is 4. The van der Waals surface area contributed by atoms with Gasteiger partial charge in [-0.2, -0.15) is 0 Å². The molecule has 140 valence electrons. The lowest BCUT2D eigenvalue weighted by molar-refractivity contribution is -0.159. The Kier molecular flexibility index (Phi) is 9.08. The molecule has 1 heterocycles. The highest BCUT2D eigenvalue weighted by atomic mass is 19.1. The number of carboxylic acids is 2. The van der Waals surface area contributed by atoms with Gasteiger partial charge in [0, 0.05) is 38.8 Å². The zero-order valence-electron chi connectivity index (χ0n) is 14.8. The fourth-order valence-electron chi connectivity index (χ4n) is 2.94. The number of carboxylic acid groups (broad SMARTS) is 2. The van der Waals surface area contributed by atoms with E-state index in [-0.39, 0.29) is 5.82 Å². The molecule has 25 heavy (non-hydrogen) atoms. The van der Waals surface area contributed by atoms with Gasteiger partial charge in [-0.1, -0.05) is 26.0 Å². The highest BCUT2D eigenvalue weighted by Gasteiger charge is 2.21. The number of hydrogen-bond donors (Lipinski definition) is 2. The standard InChI is InChI=1S/C16H25FN2.C2H2O4/c1-3-16(4-2)19-11-9-18(10-12-19)13-14-5-7-15(17)8-6-14;3-1(4)2(5)6/h5-8,16H,3-4,9-13H2,1-2H3;(H,3,4)(H,5,6). The maximum atomic E-state index is 12.9. The first-order valence-electron chi connectivity index (χ1n) is 8.54. The van der Waals surface area contributed by atoms with Crippen LogP contribution in [0.1, 0.15) is 32.3 Å². The first-order chi connectivity index (χ1) is 11.9. The number of aliphatic carboxylic acids is 2. The predicted molar refractivity (Wildman–Crippen MR) is 92.9 cm³/mol. The van der Waals surface area contributed by atoms with E-state index in [0.717, 1.165) is 38.8 Å². The third-order valence-electron chi connectivity index (χ3n) is 4.37. The average molecular weight is 354 g/mol. The average Bonchev–Trinajstić information content (AvgIpc) is 2.60. The van der Waals surface area contributed by atoms with Crippen LogP contribution in [-0.2, 0) is 16.1 Å². The second-order valence-electron chi connectivity index (χ2n) is 6.02. The van der Waals surface area contributed by atoms with E-state index in [4.69, 9.17) is 19.8 Å². The molecular formula is C18H27FN2O4. The molecule has 1 aliphatic heterocycles. The minimum absolute atomic E-state index is 0.151. The lowest BCUT2D eigenvalue weighted by Crippen LogP contribution is -2.49. The molecule has 2 rings (SSSR count). The van der Waals surface area contributed by atoms with E-state index in [9.17, 15) is 4.39 Å². The van der Waals surface area contributed by atoms with Crippen LogP contribution < -0.4 is 0 Å². The van der Waals surface area contributed by atoms with Crippen LogP contribution in [-0.4, -0.2) is 64.2 Å². The Morgan fingerprint density at radius 2 is 1.48 bits per heavy atom. The van der Waals surface area contributed by atoms with Crippen molar-refractivity contribution in [1.82, 2.24) is 9.80 Å². The molecule has 1 aromatic rings. The van der Waals surface area contributed by atoms with Gasteiger partial charge in [-0.15, -0.1) is 0 Å². The van der Waals surface area contributed by atoms with E-state index >= 15 is 0 Å². The van der Waals surface area contributed by atoms with E-state index < -0.39 is 11.9 Å². The summed E-state index contributed by atoms with van der Waals surface area (Å²) >= 11 is 0. The van der Waals surface area contributed by atoms with Gasteiger partial charge in [0.25, 0.3) is 0 Å². The van der Waals surface area contributed by atoms with Crippen molar-refractivity contribution >= 4 is 11.9 Å². The van der Waals surface area contributed by atoms with Crippen LogP contribution in [0, 0.1) is 5.82 Å². The number of nitrogens with zero attached hydrogens (tertiary/aromatic N) is 2. The molecule has 1 fully saturated rings. The zero-order valence-corrected chi connectivity index (χ0v) is 14.8.